The molecule has 3 amide bonds. The first-order valence-electron chi connectivity index (χ1n) is 14.8. The van der Waals surface area contributed by atoms with E-state index in [1.807, 2.05) is 18.2 Å². The van der Waals surface area contributed by atoms with Crippen molar-refractivity contribution in [2.75, 3.05) is 44.3 Å². The first kappa shape index (κ1) is 28.0. The Morgan fingerprint density at radius 2 is 1.65 bits per heavy atom. The number of ether oxygens (including phenoxy) is 1. The van der Waals surface area contributed by atoms with Crippen LogP contribution in [0.4, 0.5) is 10.5 Å². The highest BCUT2D eigenvalue weighted by Gasteiger charge is 2.39. The van der Waals surface area contributed by atoms with Gasteiger partial charge in [-0.25, -0.2) is 4.79 Å². The fourth-order valence-electron chi connectivity index (χ4n) is 6.24. The maximum absolute atomic E-state index is 13.7. The van der Waals surface area contributed by atoms with E-state index in [9.17, 15) is 14.9 Å². The molecular formula is C32H41N5O3. The molecule has 2 aromatic rings. The highest BCUT2D eigenvalue weighted by Crippen LogP contribution is 2.31. The Balaban J connectivity index is 1.24. The van der Waals surface area contributed by atoms with Crippen LogP contribution in [0.1, 0.15) is 51.4 Å². The fraction of sp³-hybridized carbons (Fsp3) is 0.531. The summed E-state index contributed by atoms with van der Waals surface area (Å²) in [4.78, 5) is 30.7. The highest BCUT2D eigenvalue weighted by atomic mass is 16.5. The molecule has 2 N–H and O–H groups in total. The molecule has 0 aromatic heterocycles. The number of nitrogens with one attached hydrogen (secondary N) is 2. The zero-order valence-electron chi connectivity index (χ0n) is 23.3. The summed E-state index contributed by atoms with van der Waals surface area (Å²) in [6.45, 7) is 3.39. The second-order valence-corrected chi connectivity index (χ2v) is 11.4. The van der Waals surface area contributed by atoms with Gasteiger partial charge in [0.1, 0.15) is 11.6 Å². The fourth-order valence-corrected chi connectivity index (χ4v) is 6.24. The minimum Gasteiger partial charge on any atom is -0.378 e. The van der Waals surface area contributed by atoms with E-state index in [0.717, 1.165) is 24.1 Å². The molecule has 8 nitrogen and oxygen atoms in total. The van der Waals surface area contributed by atoms with E-state index in [1.165, 1.54) is 24.8 Å². The molecule has 2 aromatic carbocycles. The lowest BCUT2D eigenvalue weighted by atomic mass is 9.84. The van der Waals surface area contributed by atoms with Gasteiger partial charge in [0.05, 0.1) is 19.3 Å². The third-order valence-electron chi connectivity index (χ3n) is 8.72. The van der Waals surface area contributed by atoms with E-state index >= 15 is 0 Å². The largest absolute Gasteiger partial charge is 0.378 e. The predicted molar refractivity (Wildman–Crippen MR) is 156 cm³/mol. The van der Waals surface area contributed by atoms with Crippen molar-refractivity contribution in [3.05, 3.63) is 54.6 Å². The van der Waals surface area contributed by atoms with Crippen LogP contribution in [0.3, 0.4) is 0 Å². The highest BCUT2D eigenvalue weighted by molar-refractivity contribution is 5.88. The molecule has 0 bridgehead atoms. The second kappa shape index (κ2) is 13.2. The Morgan fingerprint density at radius 3 is 2.35 bits per heavy atom. The van der Waals surface area contributed by atoms with Gasteiger partial charge in [-0.1, -0.05) is 74.6 Å². The number of carbonyl (C=O) groups is 2. The molecule has 8 heteroatoms. The summed E-state index contributed by atoms with van der Waals surface area (Å²) in [5.41, 5.74) is 2.50. The zero-order chi connectivity index (χ0) is 27.8. The third kappa shape index (κ3) is 6.95. The summed E-state index contributed by atoms with van der Waals surface area (Å²) in [6.07, 6.45) is 7.39. The Labute approximate surface area is 237 Å². The molecule has 2 aliphatic heterocycles. The Hall–Kier alpha value is -3.57. The molecule has 1 aliphatic carbocycles. The molecule has 5 rings (SSSR count). The van der Waals surface area contributed by atoms with Crippen molar-refractivity contribution in [1.82, 2.24) is 15.5 Å². The Morgan fingerprint density at radius 1 is 0.950 bits per heavy atom. The topological polar surface area (TPSA) is 97.7 Å². The molecule has 2 heterocycles. The number of carbonyl (C=O) groups excluding carboxylic acids is 2. The van der Waals surface area contributed by atoms with E-state index in [4.69, 9.17) is 4.74 Å². The van der Waals surface area contributed by atoms with Crippen molar-refractivity contribution in [1.29, 1.82) is 5.26 Å². The smallest absolute Gasteiger partial charge is 0.318 e. The number of anilines is 1. The van der Waals surface area contributed by atoms with Gasteiger partial charge in [-0.05, 0) is 35.6 Å². The van der Waals surface area contributed by atoms with Gasteiger partial charge in [0.15, 0.2) is 0 Å². The number of hydrogen-bond acceptors (Lipinski definition) is 5. The van der Waals surface area contributed by atoms with Gasteiger partial charge in [-0.2, -0.15) is 5.26 Å². The van der Waals surface area contributed by atoms with E-state index < -0.39 is 11.6 Å². The number of benzene rings is 2. The zero-order valence-corrected chi connectivity index (χ0v) is 23.3. The van der Waals surface area contributed by atoms with Crippen molar-refractivity contribution >= 4 is 17.6 Å². The van der Waals surface area contributed by atoms with Crippen LogP contribution in [0.5, 0.6) is 0 Å². The number of urea groups is 1. The van der Waals surface area contributed by atoms with Crippen molar-refractivity contribution in [2.45, 2.75) is 62.9 Å². The quantitative estimate of drug-likeness (QED) is 0.527. The number of nitrogens with zero attached hydrogens (tertiary/aromatic N) is 3. The maximum atomic E-state index is 13.7. The second-order valence-electron chi connectivity index (χ2n) is 11.4. The lowest BCUT2D eigenvalue weighted by Crippen LogP contribution is -2.60. The Kier molecular flexibility index (Phi) is 9.22. The standard InChI is InChI=1S/C32H41N5O3/c33-24-32(14-16-36(17-15-32)28-13-7-12-27(23-28)26-10-5-2-6-11-26)35-30(38)29(22-25-8-3-1-4-9-25)34-31(39)37-18-20-40-21-19-37/h2,5-7,10-13,23,25,29H,1,3-4,8-9,14-22H2,(H,34,39)(H,35,38). The molecule has 3 aliphatic rings. The minimum absolute atomic E-state index is 0.224. The number of piperidine rings is 1. The first-order chi connectivity index (χ1) is 19.5. The molecule has 1 unspecified atom stereocenters. The minimum atomic E-state index is -0.945. The van der Waals surface area contributed by atoms with Crippen LogP contribution < -0.4 is 15.5 Å². The number of nitriles is 1. The number of amides is 3. The summed E-state index contributed by atoms with van der Waals surface area (Å²) in [5.74, 6) is 0.166. The van der Waals surface area contributed by atoms with Gasteiger partial charge < -0.3 is 25.2 Å². The molecule has 3 fully saturated rings. The van der Waals surface area contributed by atoms with E-state index in [2.05, 4.69) is 58.0 Å². The predicted octanol–water partition coefficient (Wildman–Crippen LogP) is 4.71. The molecule has 1 saturated carbocycles. The van der Waals surface area contributed by atoms with E-state index in [-0.39, 0.29) is 11.9 Å². The number of hydrogen-bond donors (Lipinski definition) is 2. The molecule has 40 heavy (non-hydrogen) atoms. The summed E-state index contributed by atoms with van der Waals surface area (Å²) in [5, 5.41) is 16.4. The van der Waals surface area contributed by atoms with Crippen LogP contribution in [-0.2, 0) is 9.53 Å². The van der Waals surface area contributed by atoms with Crippen molar-refractivity contribution in [3.8, 4) is 17.2 Å². The number of rotatable bonds is 7. The van der Waals surface area contributed by atoms with Crippen molar-refractivity contribution in [3.63, 3.8) is 0 Å². The van der Waals surface area contributed by atoms with Crippen LogP contribution in [0.2, 0.25) is 0 Å². The van der Waals surface area contributed by atoms with Crippen LogP contribution in [0.25, 0.3) is 11.1 Å². The number of morpholine rings is 1. The molecular weight excluding hydrogens is 502 g/mol. The summed E-state index contributed by atoms with van der Waals surface area (Å²) >= 11 is 0. The summed E-state index contributed by atoms with van der Waals surface area (Å²) in [6, 6.07) is 20.3. The summed E-state index contributed by atoms with van der Waals surface area (Å²) < 4.78 is 5.38. The molecule has 1 atom stereocenters. The summed E-state index contributed by atoms with van der Waals surface area (Å²) in [7, 11) is 0. The lowest BCUT2D eigenvalue weighted by molar-refractivity contribution is -0.125. The molecule has 212 valence electrons. The van der Waals surface area contributed by atoms with Crippen LogP contribution in [-0.4, -0.2) is 67.8 Å². The van der Waals surface area contributed by atoms with Gasteiger partial charge in [0, 0.05) is 44.7 Å². The first-order valence-corrected chi connectivity index (χ1v) is 14.8. The van der Waals surface area contributed by atoms with Crippen LogP contribution >= 0.6 is 0 Å². The van der Waals surface area contributed by atoms with E-state index in [0.29, 0.717) is 64.6 Å². The van der Waals surface area contributed by atoms with Gasteiger partial charge in [-0.3, -0.25) is 4.79 Å². The van der Waals surface area contributed by atoms with Crippen molar-refractivity contribution < 1.29 is 14.3 Å². The third-order valence-corrected chi connectivity index (χ3v) is 8.72. The van der Waals surface area contributed by atoms with Gasteiger partial charge in [-0.15, -0.1) is 0 Å². The normalized spacial score (nSPS) is 20.3. The molecule has 2 saturated heterocycles. The van der Waals surface area contributed by atoms with Crippen LogP contribution in [0, 0.1) is 17.2 Å². The van der Waals surface area contributed by atoms with Gasteiger partial charge in [0.25, 0.3) is 0 Å². The maximum Gasteiger partial charge on any atom is 0.318 e. The Bertz CT molecular complexity index is 1180. The molecule has 0 spiro atoms. The van der Waals surface area contributed by atoms with Crippen molar-refractivity contribution in [2.24, 2.45) is 5.92 Å². The monoisotopic (exact) mass is 543 g/mol. The van der Waals surface area contributed by atoms with E-state index in [1.54, 1.807) is 4.90 Å². The SMILES string of the molecule is N#CC1(NC(=O)C(CC2CCCCC2)NC(=O)N2CCOCC2)CCN(c2cccc(-c3ccccc3)c2)CC1. The molecule has 0 radical (unpaired) electrons. The van der Waals surface area contributed by atoms with Gasteiger partial charge in [0.2, 0.25) is 5.91 Å². The van der Waals surface area contributed by atoms with Crippen LogP contribution in [0.15, 0.2) is 54.6 Å². The average molecular weight is 544 g/mol. The average Bonchev–Trinajstić information content (AvgIpc) is 3.02. The van der Waals surface area contributed by atoms with Gasteiger partial charge >= 0.3 is 6.03 Å². The lowest BCUT2D eigenvalue weighted by Gasteiger charge is -2.40.